The van der Waals surface area contributed by atoms with Gasteiger partial charge in [-0.1, -0.05) is 47.1 Å². The second-order valence-electron chi connectivity index (χ2n) is 5.92. The average molecular weight is 421 g/mol. The third kappa shape index (κ3) is 4.78. The van der Waals surface area contributed by atoms with Gasteiger partial charge < -0.3 is 9.26 Å². The summed E-state index contributed by atoms with van der Waals surface area (Å²) in [5.74, 6) is -0.154. The number of halogens is 1. The standard InChI is InChI=1S/C19H17ClN2O5S/c1-22(28(24,25)17-9-7-15(20)8-10-17)12-19(23)26-13-16-11-18(27-21-16)14-5-3-2-4-6-14/h2-11H,12-13H2,1H3. The van der Waals surface area contributed by atoms with E-state index in [9.17, 15) is 13.2 Å². The van der Waals surface area contributed by atoms with Crippen LogP contribution in [0.4, 0.5) is 0 Å². The highest BCUT2D eigenvalue weighted by Crippen LogP contribution is 2.20. The van der Waals surface area contributed by atoms with E-state index in [4.69, 9.17) is 20.9 Å². The Hall–Kier alpha value is -2.68. The summed E-state index contributed by atoms with van der Waals surface area (Å²) in [5, 5.41) is 4.27. The number of carbonyl (C=O) groups is 1. The predicted molar refractivity (Wildman–Crippen MR) is 103 cm³/mol. The Morgan fingerprint density at radius 1 is 1.14 bits per heavy atom. The SMILES string of the molecule is CN(CC(=O)OCc1cc(-c2ccccc2)on1)S(=O)(=O)c1ccc(Cl)cc1. The van der Waals surface area contributed by atoms with Gasteiger partial charge in [0, 0.05) is 23.7 Å². The molecule has 0 amide bonds. The van der Waals surface area contributed by atoms with Gasteiger partial charge in [-0.2, -0.15) is 4.31 Å². The first-order valence-electron chi connectivity index (χ1n) is 8.25. The monoisotopic (exact) mass is 420 g/mol. The summed E-state index contributed by atoms with van der Waals surface area (Å²) >= 11 is 5.77. The molecule has 28 heavy (non-hydrogen) atoms. The Balaban J connectivity index is 1.57. The van der Waals surface area contributed by atoms with Gasteiger partial charge in [0.05, 0.1) is 4.90 Å². The molecule has 9 heteroatoms. The molecule has 0 radical (unpaired) electrons. The Kier molecular flexibility index (Phi) is 6.13. The molecule has 0 bridgehead atoms. The largest absolute Gasteiger partial charge is 0.458 e. The lowest BCUT2D eigenvalue weighted by Gasteiger charge is -2.16. The highest BCUT2D eigenvalue weighted by Gasteiger charge is 2.23. The highest BCUT2D eigenvalue weighted by molar-refractivity contribution is 7.89. The van der Waals surface area contributed by atoms with Gasteiger partial charge in [-0.3, -0.25) is 4.79 Å². The zero-order valence-corrected chi connectivity index (χ0v) is 16.5. The van der Waals surface area contributed by atoms with E-state index in [1.54, 1.807) is 6.07 Å². The number of benzene rings is 2. The molecular weight excluding hydrogens is 404 g/mol. The van der Waals surface area contributed by atoms with Gasteiger partial charge in [-0.15, -0.1) is 0 Å². The van der Waals surface area contributed by atoms with Crippen LogP contribution in [0.3, 0.4) is 0 Å². The molecule has 0 fully saturated rings. The van der Waals surface area contributed by atoms with E-state index < -0.39 is 22.5 Å². The van der Waals surface area contributed by atoms with Crippen LogP contribution in [-0.4, -0.2) is 37.4 Å². The van der Waals surface area contributed by atoms with Gasteiger partial charge in [0.1, 0.15) is 18.8 Å². The summed E-state index contributed by atoms with van der Waals surface area (Å²) in [5.41, 5.74) is 1.27. The lowest BCUT2D eigenvalue weighted by molar-refractivity contribution is -0.145. The molecule has 0 aliphatic carbocycles. The summed E-state index contributed by atoms with van der Waals surface area (Å²) in [7, 11) is -2.53. The third-order valence-corrected chi connectivity index (χ3v) is 5.94. The molecule has 146 valence electrons. The van der Waals surface area contributed by atoms with Crippen LogP contribution in [-0.2, 0) is 26.2 Å². The van der Waals surface area contributed by atoms with E-state index in [-0.39, 0.29) is 11.5 Å². The summed E-state index contributed by atoms with van der Waals surface area (Å²) in [6.07, 6.45) is 0. The van der Waals surface area contributed by atoms with E-state index in [0.29, 0.717) is 16.5 Å². The molecule has 0 N–H and O–H groups in total. The number of aromatic nitrogens is 1. The van der Waals surface area contributed by atoms with Crippen molar-refractivity contribution in [3.8, 4) is 11.3 Å². The maximum absolute atomic E-state index is 12.5. The van der Waals surface area contributed by atoms with Crippen molar-refractivity contribution in [3.05, 3.63) is 71.4 Å². The number of sulfonamides is 1. The maximum atomic E-state index is 12.5. The highest BCUT2D eigenvalue weighted by atomic mass is 35.5. The first-order valence-corrected chi connectivity index (χ1v) is 10.1. The van der Waals surface area contributed by atoms with Crippen LogP contribution in [0.5, 0.6) is 0 Å². The van der Waals surface area contributed by atoms with E-state index in [2.05, 4.69) is 5.16 Å². The van der Waals surface area contributed by atoms with Gasteiger partial charge in [-0.05, 0) is 24.3 Å². The first kappa shape index (κ1) is 20.1. The van der Waals surface area contributed by atoms with Crippen molar-refractivity contribution in [2.45, 2.75) is 11.5 Å². The molecule has 0 aliphatic heterocycles. The Labute approximate surface area is 167 Å². The number of rotatable bonds is 7. The van der Waals surface area contributed by atoms with Gasteiger partial charge in [-0.25, -0.2) is 8.42 Å². The van der Waals surface area contributed by atoms with Gasteiger partial charge in [0.2, 0.25) is 10.0 Å². The molecule has 1 heterocycles. The fraction of sp³-hybridized carbons (Fsp3) is 0.158. The quantitative estimate of drug-likeness (QED) is 0.544. The van der Waals surface area contributed by atoms with Gasteiger partial charge >= 0.3 is 5.97 Å². The van der Waals surface area contributed by atoms with Crippen LogP contribution in [0.2, 0.25) is 5.02 Å². The Bertz CT molecular complexity index is 1050. The van der Waals surface area contributed by atoms with Crippen LogP contribution in [0.25, 0.3) is 11.3 Å². The van der Waals surface area contributed by atoms with E-state index in [0.717, 1.165) is 9.87 Å². The number of esters is 1. The summed E-state index contributed by atoms with van der Waals surface area (Å²) in [4.78, 5) is 12.1. The predicted octanol–water partition coefficient (Wildman–Crippen LogP) is 3.36. The maximum Gasteiger partial charge on any atom is 0.321 e. The van der Waals surface area contributed by atoms with Gasteiger partial charge in [0.25, 0.3) is 0 Å². The lowest BCUT2D eigenvalue weighted by Crippen LogP contribution is -2.33. The summed E-state index contributed by atoms with van der Waals surface area (Å²) in [6.45, 7) is -0.557. The minimum absolute atomic E-state index is 0.0382. The van der Waals surface area contributed by atoms with Crippen LogP contribution in [0.1, 0.15) is 5.69 Å². The van der Waals surface area contributed by atoms with Crippen LogP contribution in [0, 0.1) is 0 Å². The zero-order chi connectivity index (χ0) is 20.1. The molecule has 7 nitrogen and oxygen atoms in total. The van der Waals surface area contributed by atoms with Crippen molar-refractivity contribution in [1.29, 1.82) is 0 Å². The minimum atomic E-state index is -3.83. The second-order valence-corrected chi connectivity index (χ2v) is 8.41. The van der Waals surface area contributed by atoms with Crippen molar-refractivity contribution >= 4 is 27.6 Å². The van der Waals surface area contributed by atoms with Crippen molar-refractivity contribution in [2.24, 2.45) is 0 Å². The van der Waals surface area contributed by atoms with Crippen molar-refractivity contribution in [1.82, 2.24) is 9.46 Å². The van der Waals surface area contributed by atoms with Gasteiger partial charge in [0.15, 0.2) is 5.76 Å². The Morgan fingerprint density at radius 2 is 1.82 bits per heavy atom. The number of ether oxygens (including phenoxy) is 1. The average Bonchev–Trinajstić information content (AvgIpc) is 3.16. The molecule has 0 atom stereocenters. The van der Waals surface area contributed by atoms with Crippen LogP contribution >= 0.6 is 11.6 Å². The second kappa shape index (κ2) is 8.55. The van der Waals surface area contributed by atoms with E-state index in [1.165, 1.54) is 31.3 Å². The van der Waals surface area contributed by atoms with Crippen molar-refractivity contribution in [3.63, 3.8) is 0 Å². The normalized spacial score (nSPS) is 11.5. The van der Waals surface area contributed by atoms with Crippen LogP contribution in [0.15, 0.2) is 70.1 Å². The number of hydrogen-bond acceptors (Lipinski definition) is 6. The number of nitrogens with zero attached hydrogens (tertiary/aromatic N) is 2. The molecule has 0 saturated carbocycles. The van der Waals surface area contributed by atoms with Crippen molar-refractivity contribution in [2.75, 3.05) is 13.6 Å². The minimum Gasteiger partial charge on any atom is -0.458 e. The fourth-order valence-corrected chi connectivity index (χ4v) is 3.61. The van der Waals surface area contributed by atoms with Crippen LogP contribution < -0.4 is 0 Å². The zero-order valence-electron chi connectivity index (χ0n) is 14.9. The Morgan fingerprint density at radius 3 is 2.50 bits per heavy atom. The molecule has 0 aliphatic rings. The third-order valence-electron chi connectivity index (χ3n) is 3.87. The molecule has 0 saturated heterocycles. The number of carbonyl (C=O) groups excluding carboxylic acids is 1. The lowest BCUT2D eigenvalue weighted by atomic mass is 10.2. The van der Waals surface area contributed by atoms with Crippen molar-refractivity contribution < 1.29 is 22.5 Å². The first-order chi connectivity index (χ1) is 13.4. The summed E-state index contributed by atoms with van der Waals surface area (Å²) in [6, 6.07) is 16.7. The molecule has 1 aromatic heterocycles. The fourth-order valence-electron chi connectivity index (χ4n) is 2.37. The molecular formula is C19H17ClN2O5S. The summed E-state index contributed by atoms with van der Waals surface area (Å²) < 4.78 is 36.2. The number of hydrogen-bond donors (Lipinski definition) is 0. The molecule has 0 unspecified atom stereocenters. The molecule has 3 rings (SSSR count). The molecule has 0 spiro atoms. The van der Waals surface area contributed by atoms with E-state index >= 15 is 0 Å². The number of likely N-dealkylation sites (N-methyl/N-ethyl adjacent to an activating group) is 1. The smallest absolute Gasteiger partial charge is 0.321 e. The van der Waals surface area contributed by atoms with E-state index in [1.807, 2.05) is 30.3 Å². The molecule has 3 aromatic rings. The molecule has 2 aromatic carbocycles. The topological polar surface area (TPSA) is 89.7 Å².